The van der Waals surface area contributed by atoms with Gasteiger partial charge in [-0.2, -0.15) is 48.3 Å². The summed E-state index contributed by atoms with van der Waals surface area (Å²) in [5.41, 5.74) is 0. The van der Waals surface area contributed by atoms with E-state index in [9.17, 15) is 48.3 Å². The minimum Gasteiger partial charge on any atom is -0.391 e. The number of aliphatic hydroxyl groups is 1. The average Bonchev–Trinajstić information content (AvgIpc) is 2.24. The molecule has 0 aromatic carbocycles. The monoisotopic (exact) mass is 468 g/mol. The van der Waals surface area contributed by atoms with Gasteiger partial charge in [0.25, 0.3) is 0 Å². The lowest BCUT2D eigenvalue weighted by Gasteiger charge is -2.33. The molecule has 0 aliphatic heterocycles. The van der Waals surface area contributed by atoms with Crippen molar-refractivity contribution in [1.82, 2.24) is 0 Å². The van der Waals surface area contributed by atoms with Crippen molar-refractivity contribution >= 4 is 22.6 Å². The Labute approximate surface area is 128 Å². The van der Waals surface area contributed by atoms with Crippen LogP contribution in [0.1, 0.15) is 0 Å². The van der Waals surface area contributed by atoms with E-state index < -0.39 is 46.5 Å². The lowest BCUT2D eigenvalue weighted by atomic mass is 10.2. The van der Waals surface area contributed by atoms with Crippen molar-refractivity contribution in [3.8, 4) is 0 Å². The van der Waals surface area contributed by atoms with Gasteiger partial charge in [0, 0.05) is 9.66 Å². The molecule has 132 valence electrons. The van der Waals surface area contributed by atoms with E-state index in [-0.39, 0.29) is 0 Å². The van der Waals surface area contributed by atoms with Crippen LogP contribution in [0.25, 0.3) is 0 Å². The molecule has 0 aromatic heterocycles. The van der Waals surface area contributed by atoms with E-state index in [0.29, 0.717) is 0 Å². The van der Waals surface area contributed by atoms with Gasteiger partial charge in [0.1, 0.15) is 0 Å². The second-order valence-electron chi connectivity index (χ2n) is 3.58. The summed E-state index contributed by atoms with van der Waals surface area (Å²) < 4.78 is 137. The Morgan fingerprint density at radius 1 is 0.864 bits per heavy atom. The van der Waals surface area contributed by atoms with Crippen LogP contribution in [0.3, 0.4) is 0 Å². The normalized spacial score (nSPS) is 18.3. The predicted octanol–water partition coefficient (Wildman–Crippen LogP) is 4.33. The van der Waals surface area contributed by atoms with E-state index in [1.165, 1.54) is 0 Å². The van der Waals surface area contributed by atoms with Gasteiger partial charge in [0.2, 0.25) is 0 Å². The first-order valence-corrected chi connectivity index (χ1v) is 5.75. The Hall–Kier alpha value is -0.380. The molecular weight excluding hydrogens is 464 g/mol. The summed E-state index contributed by atoms with van der Waals surface area (Å²) in [5, 5.41) is 8.37. The van der Waals surface area contributed by atoms with Crippen LogP contribution >= 0.6 is 22.6 Å². The van der Waals surface area contributed by atoms with E-state index in [4.69, 9.17) is 5.11 Å². The molecule has 2 nitrogen and oxygen atoms in total. The molecule has 1 N–H and O–H groups in total. The highest BCUT2D eigenvalue weighted by Crippen LogP contribution is 2.51. The van der Waals surface area contributed by atoms with E-state index in [1.54, 1.807) is 0 Å². The Morgan fingerprint density at radius 3 is 1.55 bits per heavy atom. The van der Waals surface area contributed by atoms with Crippen molar-refractivity contribution in [2.24, 2.45) is 0 Å². The first-order chi connectivity index (χ1) is 9.41. The van der Waals surface area contributed by atoms with Gasteiger partial charge >= 0.3 is 30.2 Å². The fourth-order valence-electron chi connectivity index (χ4n) is 0.832. The second kappa shape index (κ2) is 6.26. The van der Waals surface area contributed by atoms with Crippen LogP contribution in [0, 0.1) is 0 Å². The number of hydrogen-bond donors (Lipinski definition) is 1. The van der Waals surface area contributed by atoms with E-state index >= 15 is 0 Å². The van der Waals surface area contributed by atoms with Crippen LogP contribution in [0.4, 0.5) is 48.3 Å². The summed E-state index contributed by atoms with van der Waals surface area (Å²) in [6.07, 6.45) is -21.2. The zero-order valence-electron chi connectivity index (χ0n) is 9.68. The van der Waals surface area contributed by atoms with Crippen molar-refractivity contribution in [3.05, 3.63) is 9.66 Å². The van der Waals surface area contributed by atoms with E-state index in [2.05, 4.69) is 4.74 Å². The molecule has 0 aliphatic carbocycles. The summed E-state index contributed by atoms with van der Waals surface area (Å²) in [5.74, 6) is -12.8. The van der Waals surface area contributed by atoms with Gasteiger partial charge in [-0.3, -0.25) is 4.74 Å². The topological polar surface area (TPSA) is 29.5 Å². The molecule has 22 heavy (non-hydrogen) atoms. The van der Waals surface area contributed by atoms with Gasteiger partial charge in [0.15, 0.2) is 0 Å². The third kappa shape index (κ3) is 4.33. The summed E-state index contributed by atoms with van der Waals surface area (Å²) in [6.45, 7) is -1.34. The molecule has 0 spiro atoms. The van der Waals surface area contributed by atoms with E-state index in [0.717, 1.165) is 22.6 Å². The van der Waals surface area contributed by atoms with Gasteiger partial charge in [-0.05, 0) is 22.6 Å². The molecule has 0 radical (unpaired) electrons. The molecule has 0 heterocycles. The third-order valence-corrected chi connectivity index (χ3v) is 2.53. The molecule has 0 rings (SSSR count). The number of ether oxygens (including phenoxy) is 1. The fraction of sp³-hybridized carbons (Fsp3) is 0.750. The maximum Gasteiger partial charge on any atom is 0.462 e. The van der Waals surface area contributed by atoms with Crippen molar-refractivity contribution in [3.63, 3.8) is 0 Å². The summed E-state index contributed by atoms with van der Waals surface area (Å²) in [7, 11) is 0. The number of alkyl halides is 11. The van der Waals surface area contributed by atoms with Gasteiger partial charge < -0.3 is 5.11 Å². The van der Waals surface area contributed by atoms with Gasteiger partial charge in [-0.25, -0.2) is 0 Å². The average molecular weight is 468 g/mol. The number of rotatable bonds is 5. The predicted molar refractivity (Wildman–Crippen MR) is 56.1 cm³/mol. The van der Waals surface area contributed by atoms with Gasteiger partial charge in [-0.1, -0.05) is 0 Å². The summed E-state index contributed by atoms with van der Waals surface area (Å²) in [6, 6.07) is 0. The Bertz CT molecular complexity index is 427. The number of hydrogen-bond acceptors (Lipinski definition) is 2. The number of halogens is 12. The smallest absolute Gasteiger partial charge is 0.391 e. The van der Waals surface area contributed by atoms with Crippen LogP contribution in [-0.4, -0.2) is 42.0 Å². The van der Waals surface area contributed by atoms with Crippen molar-refractivity contribution in [2.45, 2.75) is 30.2 Å². The fourth-order valence-corrected chi connectivity index (χ4v) is 1.23. The Balaban J connectivity index is 5.88. The van der Waals surface area contributed by atoms with Crippen LogP contribution in [-0.2, 0) is 4.74 Å². The lowest BCUT2D eigenvalue weighted by Crippen LogP contribution is -2.58. The second-order valence-corrected chi connectivity index (χ2v) is 4.97. The molecule has 14 heteroatoms. The SMILES string of the molecule is OC/C(I)=C/[C@](F)(OC(F)(F)C(F)(F)C(F)(F)F)C(F)(F)F. The van der Waals surface area contributed by atoms with Crippen LogP contribution in [0.2, 0.25) is 0 Å². The summed E-state index contributed by atoms with van der Waals surface area (Å²) in [4.78, 5) is 0. The lowest BCUT2D eigenvalue weighted by molar-refractivity contribution is -0.473. The molecule has 0 bridgehead atoms. The number of aliphatic hydroxyl groups excluding tert-OH is 1. The molecular formula is C8H4F11IO2. The minimum absolute atomic E-state index is 0.796. The standard InChI is InChI=1S/C8H4F11IO2/c9-4(6(12,13)14,1-3(20)2-21)22-8(18,19)5(10,11)7(15,16)17/h1,21H,2H2/b3-1-/t4-/m0/s1. The maximum absolute atomic E-state index is 13.4. The highest BCUT2D eigenvalue weighted by Gasteiger charge is 2.78. The first kappa shape index (κ1) is 21.6. The van der Waals surface area contributed by atoms with Gasteiger partial charge in [0.05, 0.1) is 6.61 Å². The van der Waals surface area contributed by atoms with Crippen molar-refractivity contribution in [2.75, 3.05) is 6.61 Å². The Morgan fingerprint density at radius 2 is 1.27 bits per heavy atom. The van der Waals surface area contributed by atoms with Gasteiger partial charge in [-0.15, -0.1) is 0 Å². The maximum atomic E-state index is 13.4. The first-order valence-electron chi connectivity index (χ1n) is 4.67. The quantitative estimate of drug-likeness (QED) is 0.481. The molecule has 0 unspecified atom stereocenters. The Kier molecular flexibility index (Phi) is 6.15. The third-order valence-electron chi connectivity index (χ3n) is 1.88. The highest BCUT2D eigenvalue weighted by atomic mass is 127. The summed E-state index contributed by atoms with van der Waals surface area (Å²) >= 11 is 0.796. The van der Waals surface area contributed by atoms with Crippen LogP contribution in [0.15, 0.2) is 9.66 Å². The van der Waals surface area contributed by atoms with Crippen molar-refractivity contribution in [1.29, 1.82) is 0 Å². The largest absolute Gasteiger partial charge is 0.462 e. The van der Waals surface area contributed by atoms with Crippen LogP contribution < -0.4 is 0 Å². The zero-order chi connectivity index (χ0) is 18.2. The molecule has 0 aromatic rings. The van der Waals surface area contributed by atoms with Crippen LogP contribution in [0.5, 0.6) is 0 Å². The highest BCUT2D eigenvalue weighted by molar-refractivity contribution is 14.1. The molecule has 0 saturated heterocycles. The molecule has 1 atom stereocenters. The molecule has 0 fully saturated rings. The van der Waals surface area contributed by atoms with E-state index in [1.807, 2.05) is 0 Å². The molecule has 0 saturated carbocycles. The van der Waals surface area contributed by atoms with Crippen molar-refractivity contribution < 1.29 is 58.1 Å². The minimum atomic E-state index is -7.10. The zero-order valence-corrected chi connectivity index (χ0v) is 11.8. The molecule has 0 amide bonds. The molecule has 0 aliphatic rings.